The maximum atomic E-state index is 12.2. The third-order valence-electron chi connectivity index (χ3n) is 3.47. The number of nitrogens with one attached hydrogen (secondary N) is 1. The second kappa shape index (κ2) is 7.57. The number of hydrogen-bond acceptors (Lipinski definition) is 5. The summed E-state index contributed by atoms with van der Waals surface area (Å²) in [5, 5.41) is 5.28. The zero-order chi connectivity index (χ0) is 16.9. The number of carbonyl (C=O) groups excluding carboxylic acids is 1. The van der Waals surface area contributed by atoms with Crippen LogP contribution in [0.3, 0.4) is 0 Å². The van der Waals surface area contributed by atoms with Crippen molar-refractivity contribution in [2.75, 3.05) is 11.9 Å². The van der Waals surface area contributed by atoms with Crippen LogP contribution in [0.5, 0.6) is 5.75 Å². The second-order valence-corrected chi connectivity index (χ2v) is 6.47. The number of benzene rings is 1. The molecule has 2 rings (SSSR count). The van der Waals surface area contributed by atoms with Gasteiger partial charge in [0.25, 0.3) is 0 Å². The molecule has 0 fully saturated rings. The van der Waals surface area contributed by atoms with E-state index < -0.39 is 5.54 Å². The quantitative estimate of drug-likeness (QED) is 0.810. The topological polar surface area (TPSA) is 77.2 Å². The molecule has 1 amide bonds. The maximum absolute atomic E-state index is 12.2. The Morgan fingerprint density at radius 1 is 1.35 bits per heavy atom. The Kier molecular flexibility index (Phi) is 5.74. The summed E-state index contributed by atoms with van der Waals surface area (Å²) >= 11 is 1.39. The first-order chi connectivity index (χ1) is 11.0. The van der Waals surface area contributed by atoms with Crippen LogP contribution in [0.25, 0.3) is 11.3 Å². The molecular weight excluding hydrogens is 310 g/mol. The minimum atomic E-state index is -0.875. The third-order valence-corrected chi connectivity index (χ3v) is 4.23. The molecule has 3 N–H and O–H groups in total. The highest BCUT2D eigenvalue weighted by Gasteiger charge is 2.27. The Hall–Kier alpha value is -1.92. The summed E-state index contributed by atoms with van der Waals surface area (Å²) in [5.41, 5.74) is 6.96. The van der Waals surface area contributed by atoms with Crippen molar-refractivity contribution in [3.63, 3.8) is 0 Å². The molecule has 1 unspecified atom stereocenters. The number of amides is 1. The van der Waals surface area contributed by atoms with Crippen molar-refractivity contribution < 1.29 is 9.53 Å². The highest BCUT2D eigenvalue weighted by Crippen LogP contribution is 2.27. The van der Waals surface area contributed by atoms with Gasteiger partial charge in [-0.15, -0.1) is 11.3 Å². The minimum absolute atomic E-state index is 0.202. The van der Waals surface area contributed by atoms with E-state index in [9.17, 15) is 4.79 Å². The SMILES string of the molecule is CCCC(C)(N)C(=O)Nc1nc(-c2ccc(OCC)cc2)cs1. The minimum Gasteiger partial charge on any atom is -0.494 e. The second-order valence-electron chi connectivity index (χ2n) is 5.62. The lowest BCUT2D eigenvalue weighted by atomic mass is 9.97. The van der Waals surface area contributed by atoms with Crippen LogP contribution in [0.1, 0.15) is 33.6 Å². The molecule has 1 aromatic heterocycles. The molecule has 0 saturated heterocycles. The zero-order valence-corrected chi connectivity index (χ0v) is 14.6. The van der Waals surface area contributed by atoms with Crippen molar-refractivity contribution in [2.45, 2.75) is 39.2 Å². The zero-order valence-electron chi connectivity index (χ0n) is 13.8. The fraction of sp³-hybridized carbons (Fsp3) is 0.412. The Morgan fingerprint density at radius 3 is 2.65 bits per heavy atom. The van der Waals surface area contributed by atoms with E-state index in [1.165, 1.54) is 11.3 Å². The number of thiazole rings is 1. The number of anilines is 1. The summed E-state index contributed by atoms with van der Waals surface area (Å²) in [4.78, 5) is 16.7. The van der Waals surface area contributed by atoms with Crippen LogP contribution >= 0.6 is 11.3 Å². The molecule has 5 nitrogen and oxygen atoms in total. The van der Waals surface area contributed by atoms with Crippen LogP contribution in [0.4, 0.5) is 5.13 Å². The number of hydrogen-bond donors (Lipinski definition) is 2. The molecule has 0 aliphatic heterocycles. The molecule has 1 heterocycles. The summed E-state index contributed by atoms with van der Waals surface area (Å²) in [5.74, 6) is 0.630. The summed E-state index contributed by atoms with van der Waals surface area (Å²) in [6, 6.07) is 7.73. The monoisotopic (exact) mass is 333 g/mol. The van der Waals surface area contributed by atoms with Gasteiger partial charge in [-0.1, -0.05) is 13.3 Å². The van der Waals surface area contributed by atoms with E-state index in [0.29, 0.717) is 18.2 Å². The van der Waals surface area contributed by atoms with Gasteiger partial charge >= 0.3 is 0 Å². The molecule has 2 aromatic rings. The molecule has 0 aliphatic rings. The number of ether oxygens (including phenoxy) is 1. The van der Waals surface area contributed by atoms with Crippen molar-refractivity contribution in [2.24, 2.45) is 5.73 Å². The van der Waals surface area contributed by atoms with Crippen LogP contribution in [0.15, 0.2) is 29.6 Å². The third kappa shape index (κ3) is 4.53. The van der Waals surface area contributed by atoms with Crippen LogP contribution in [0, 0.1) is 0 Å². The van der Waals surface area contributed by atoms with Crippen LogP contribution in [-0.2, 0) is 4.79 Å². The lowest BCUT2D eigenvalue weighted by Gasteiger charge is -2.21. The van der Waals surface area contributed by atoms with E-state index >= 15 is 0 Å². The van der Waals surface area contributed by atoms with Crippen molar-refractivity contribution in [1.82, 2.24) is 4.98 Å². The van der Waals surface area contributed by atoms with Crippen LogP contribution in [-0.4, -0.2) is 23.0 Å². The number of aromatic nitrogens is 1. The summed E-state index contributed by atoms with van der Waals surface area (Å²) in [6.07, 6.45) is 1.49. The van der Waals surface area contributed by atoms with E-state index in [1.807, 2.05) is 43.5 Å². The Labute approximate surface area is 140 Å². The van der Waals surface area contributed by atoms with E-state index in [1.54, 1.807) is 6.92 Å². The summed E-state index contributed by atoms with van der Waals surface area (Å²) in [6.45, 7) is 6.34. The molecule has 0 radical (unpaired) electrons. The standard InChI is InChI=1S/C17H23N3O2S/c1-4-10-17(3,18)15(21)20-16-19-14(11-23-16)12-6-8-13(9-7-12)22-5-2/h6-9,11H,4-5,10,18H2,1-3H3,(H,19,20,21). The molecule has 0 aliphatic carbocycles. The number of carbonyl (C=O) groups is 1. The molecule has 23 heavy (non-hydrogen) atoms. The fourth-order valence-electron chi connectivity index (χ4n) is 2.23. The normalized spacial score (nSPS) is 13.4. The highest BCUT2D eigenvalue weighted by atomic mass is 32.1. The van der Waals surface area contributed by atoms with E-state index in [2.05, 4.69) is 10.3 Å². The smallest absolute Gasteiger partial charge is 0.245 e. The Bertz CT molecular complexity index is 650. The van der Waals surface area contributed by atoms with E-state index in [0.717, 1.165) is 23.4 Å². The van der Waals surface area contributed by atoms with Gasteiger partial charge in [-0.2, -0.15) is 0 Å². The summed E-state index contributed by atoms with van der Waals surface area (Å²) in [7, 11) is 0. The Balaban J connectivity index is 2.07. The van der Waals surface area contributed by atoms with E-state index in [-0.39, 0.29) is 5.91 Å². The van der Waals surface area contributed by atoms with Crippen LogP contribution in [0.2, 0.25) is 0 Å². The first-order valence-corrected chi connectivity index (χ1v) is 8.63. The van der Waals surface area contributed by atoms with Crippen molar-refractivity contribution >= 4 is 22.4 Å². The van der Waals surface area contributed by atoms with E-state index in [4.69, 9.17) is 10.5 Å². The maximum Gasteiger partial charge on any atom is 0.245 e. The molecular formula is C17H23N3O2S. The predicted octanol–water partition coefficient (Wildman–Crippen LogP) is 3.66. The molecule has 124 valence electrons. The molecule has 1 atom stereocenters. The van der Waals surface area contributed by atoms with Crippen molar-refractivity contribution in [3.8, 4) is 17.0 Å². The first-order valence-electron chi connectivity index (χ1n) is 7.75. The van der Waals surface area contributed by atoms with Gasteiger partial charge in [0.15, 0.2) is 5.13 Å². The lowest BCUT2D eigenvalue weighted by molar-refractivity contribution is -0.120. The first kappa shape index (κ1) is 17.4. The number of nitrogens with zero attached hydrogens (tertiary/aromatic N) is 1. The predicted molar refractivity (Wildman–Crippen MR) is 94.8 cm³/mol. The molecule has 0 bridgehead atoms. The largest absolute Gasteiger partial charge is 0.494 e. The van der Waals surface area contributed by atoms with Gasteiger partial charge in [-0.25, -0.2) is 4.98 Å². The highest BCUT2D eigenvalue weighted by molar-refractivity contribution is 7.14. The molecule has 6 heteroatoms. The summed E-state index contributed by atoms with van der Waals surface area (Å²) < 4.78 is 5.43. The average molecular weight is 333 g/mol. The van der Waals surface area contributed by atoms with Crippen LogP contribution < -0.4 is 15.8 Å². The van der Waals surface area contributed by atoms with Crippen molar-refractivity contribution in [1.29, 1.82) is 0 Å². The Morgan fingerprint density at radius 2 is 2.04 bits per heavy atom. The fourth-order valence-corrected chi connectivity index (χ4v) is 2.94. The van der Waals surface area contributed by atoms with Gasteiger partial charge in [-0.3, -0.25) is 4.79 Å². The van der Waals surface area contributed by atoms with Gasteiger partial charge in [0.2, 0.25) is 5.91 Å². The van der Waals surface area contributed by atoms with Gasteiger partial charge in [0.05, 0.1) is 17.8 Å². The molecule has 0 spiro atoms. The molecule has 0 saturated carbocycles. The van der Waals surface area contributed by atoms with Gasteiger partial charge in [0.1, 0.15) is 5.75 Å². The average Bonchev–Trinajstić information content (AvgIpc) is 2.97. The molecule has 1 aromatic carbocycles. The van der Waals surface area contributed by atoms with Gasteiger partial charge in [-0.05, 0) is 44.5 Å². The van der Waals surface area contributed by atoms with Crippen molar-refractivity contribution in [3.05, 3.63) is 29.6 Å². The van der Waals surface area contributed by atoms with Gasteiger partial charge < -0.3 is 15.8 Å². The number of rotatable bonds is 7. The lowest BCUT2D eigenvalue weighted by Crippen LogP contribution is -2.48. The number of nitrogens with two attached hydrogens (primary N) is 1. The van der Waals surface area contributed by atoms with Gasteiger partial charge in [0, 0.05) is 10.9 Å².